The van der Waals surface area contributed by atoms with Crippen molar-refractivity contribution in [2.45, 2.75) is 19.9 Å². The molecule has 0 aliphatic carbocycles. The van der Waals surface area contributed by atoms with Crippen LogP contribution < -0.4 is 0 Å². The number of carbonyl (C=O) groups excluding carboxylic acids is 1. The van der Waals surface area contributed by atoms with Crippen molar-refractivity contribution in [3.8, 4) is 0 Å². The molecule has 20 heavy (non-hydrogen) atoms. The molecule has 0 spiro atoms. The minimum Gasteiger partial charge on any atom is -0.328 e. The first-order chi connectivity index (χ1) is 9.74. The molecule has 3 heteroatoms. The highest BCUT2D eigenvalue weighted by Crippen LogP contribution is 2.19. The molecule has 2 aromatic heterocycles. The highest BCUT2D eigenvalue weighted by atomic mass is 16.1. The largest absolute Gasteiger partial charge is 0.328 e. The van der Waals surface area contributed by atoms with E-state index in [0.717, 1.165) is 23.1 Å². The quantitative estimate of drug-likeness (QED) is 0.725. The molecule has 3 rings (SSSR count). The average Bonchev–Trinajstić information content (AvgIpc) is 2.84. The predicted molar refractivity (Wildman–Crippen MR) is 79.7 cm³/mol. The lowest BCUT2D eigenvalue weighted by Gasteiger charge is -2.06. The molecule has 0 aliphatic heterocycles. The summed E-state index contributed by atoms with van der Waals surface area (Å²) in [5.41, 5.74) is 3.23. The molecule has 0 radical (unpaired) electrons. The van der Waals surface area contributed by atoms with Crippen LogP contribution in [0.1, 0.15) is 18.1 Å². The molecule has 0 saturated heterocycles. The molecule has 0 amide bonds. The van der Waals surface area contributed by atoms with Crippen molar-refractivity contribution in [1.82, 2.24) is 9.55 Å². The smallest absolute Gasteiger partial charge is 0.140 e. The SMILES string of the molecule is CC(=O)Cc1ccnc2c1ccn2Cc1ccccc1. The summed E-state index contributed by atoms with van der Waals surface area (Å²) in [6, 6.07) is 14.3. The Kier molecular flexibility index (Phi) is 3.33. The van der Waals surface area contributed by atoms with Gasteiger partial charge in [-0.3, -0.25) is 4.79 Å². The molecule has 0 bridgehead atoms. The second kappa shape index (κ2) is 5.29. The summed E-state index contributed by atoms with van der Waals surface area (Å²) in [5, 5.41) is 1.07. The minimum atomic E-state index is 0.174. The van der Waals surface area contributed by atoms with Crippen LogP contribution in [0.15, 0.2) is 54.9 Å². The van der Waals surface area contributed by atoms with Gasteiger partial charge in [0.25, 0.3) is 0 Å². The first kappa shape index (κ1) is 12.6. The molecular weight excluding hydrogens is 248 g/mol. The molecule has 3 nitrogen and oxygen atoms in total. The van der Waals surface area contributed by atoms with Gasteiger partial charge in [0, 0.05) is 30.7 Å². The van der Waals surface area contributed by atoms with Crippen molar-refractivity contribution in [2.24, 2.45) is 0 Å². The van der Waals surface area contributed by atoms with E-state index in [-0.39, 0.29) is 5.78 Å². The third-order valence-corrected chi connectivity index (χ3v) is 3.39. The lowest BCUT2D eigenvalue weighted by Crippen LogP contribution is -2.01. The summed E-state index contributed by atoms with van der Waals surface area (Å²) in [6.07, 6.45) is 4.28. The van der Waals surface area contributed by atoms with E-state index in [2.05, 4.69) is 21.7 Å². The van der Waals surface area contributed by atoms with Gasteiger partial charge in [-0.15, -0.1) is 0 Å². The van der Waals surface area contributed by atoms with Crippen LogP contribution in [0.2, 0.25) is 0 Å². The van der Waals surface area contributed by atoms with Gasteiger partial charge in [0.15, 0.2) is 0 Å². The number of benzene rings is 1. The van der Waals surface area contributed by atoms with Crippen molar-refractivity contribution in [3.63, 3.8) is 0 Å². The molecule has 3 aromatic rings. The number of Topliss-reactive ketones (excluding diaryl/α,β-unsaturated/α-hetero) is 1. The number of ketones is 1. The van der Waals surface area contributed by atoms with Crippen molar-refractivity contribution < 1.29 is 4.79 Å². The fourth-order valence-electron chi connectivity index (χ4n) is 2.48. The Balaban J connectivity index is 1.99. The van der Waals surface area contributed by atoms with Gasteiger partial charge < -0.3 is 4.57 Å². The van der Waals surface area contributed by atoms with Crippen LogP contribution in [-0.4, -0.2) is 15.3 Å². The molecule has 100 valence electrons. The Morgan fingerprint density at radius 2 is 1.95 bits per heavy atom. The summed E-state index contributed by atoms with van der Waals surface area (Å²) >= 11 is 0. The zero-order chi connectivity index (χ0) is 13.9. The van der Waals surface area contributed by atoms with E-state index in [1.165, 1.54) is 5.56 Å². The van der Waals surface area contributed by atoms with Gasteiger partial charge in [-0.1, -0.05) is 30.3 Å². The molecule has 0 unspecified atom stereocenters. The summed E-state index contributed by atoms with van der Waals surface area (Å²) < 4.78 is 2.12. The summed E-state index contributed by atoms with van der Waals surface area (Å²) in [7, 11) is 0. The highest BCUT2D eigenvalue weighted by molar-refractivity contribution is 5.87. The lowest BCUT2D eigenvalue weighted by atomic mass is 10.1. The van der Waals surface area contributed by atoms with Crippen LogP contribution in [0.3, 0.4) is 0 Å². The van der Waals surface area contributed by atoms with Gasteiger partial charge >= 0.3 is 0 Å². The van der Waals surface area contributed by atoms with Gasteiger partial charge in [-0.05, 0) is 30.2 Å². The van der Waals surface area contributed by atoms with Crippen LogP contribution in [0.4, 0.5) is 0 Å². The Hall–Kier alpha value is -2.42. The second-order valence-corrected chi connectivity index (χ2v) is 5.02. The normalized spacial score (nSPS) is 10.8. The average molecular weight is 264 g/mol. The van der Waals surface area contributed by atoms with Gasteiger partial charge in [-0.2, -0.15) is 0 Å². The van der Waals surface area contributed by atoms with Gasteiger partial charge in [0.05, 0.1) is 0 Å². The van der Waals surface area contributed by atoms with Crippen molar-refractivity contribution in [1.29, 1.82) is 0 Å². The molecule has 0 aliphatic rings. The summed E-state index contributed by atoms with van der Waals surface area (Å²) in [5.74, 6) is 0.174. The lowest BCUT2D eigenvalue weighted by molar-refractivity contribution is -0.116. The third kappa shape index (κ3) is 2.48. The van der Waals surface area contributed by atoms with E-state index < -0.39 is 0 Å². The Labute approximate surface area is 117 Å². The maximum absolute atomic E-state index is 11.3. The Bertz CT molecular complexity index is 744. The molecule has 2 heterocycles. The number of pyridine rings is 1. The van der Waals surface area contributed by atoms with Crippen molar-refractivity contribution >= 4 is 16.8 Å². The molecular formula is C17H16N2O. The zero-order valence-corrected chi connectivity index (χ0v) is 11.4. The Morgan fingerprint density at radius 1 is 1.15 bits per heavy atom. The first-order valence-corrected chi connectivity index (χ1v) is 6.70. The van der Waals surface area contributed by atoms with E-state index in [4.69, 9.17) is 0 Å². The van der Waals surface area contributed by atoms with E-state index >= 15 is 0 Å². The fraction of sp³-hybridized carbons (Fsp3) is 0.176. The fourth-order valence-corrected chi connectivity index (χ4v) is 2.48. The van der Waals surface area contributed by atoms with Crippen LogP contribution >= 0.6 is 0 Å². The number of hydrogen-bond acceptors (Lipinski definition) is 2. The summed E-state index contributed by atoms with van der Waals surface area (Å²) in [4.78, 5) is 15.8. The number of hydrogen-bond donors (Lipinski definition) is 0. The number of nitrogens with zero attached hydrogens (tertiary/aromatic N) is 2. The van der Waals surface area contributed by atoms with Crippen LogP contribution in [-0.2, 0) is 17.8 Å². The maximum atomic E-state index is 11.3. The number of aromatic nitrogens is 2. The Morgan fingerprint density at radius 3 is 2.70 bits per heavy atom. The number of rotatable bonds is 4. The van der Waals surface area contributed by atoms with Crippen LogP contribution in [0.5, 0.6) is 0 Å². The summed E-state index contributed by atoms with van der Waals surface area (Å²) in [6.45, 7) is 2.41. The zero-order valence-electron chi connectivity index (χ0n) is 11.4. The van der Waals surface area contributed by atoms with Crippen LogP contribution in [0.25, 0.3) is 11.0 Å². The molecule has 1 aromatic carbocycles. The van der Waals surface area contributed by atoms with Crippen molar-refractivity contribution in [2.75, 3.05) is 0 Å². The van der Waals surface area contributed by atoms with Crippen molar-refractivity contribution in [3.05, 3.63) is 66.0 Å². The first-order valence-electron chi connectivity index (χ1n) is 6.70. The number of carbonyl (C=O) groups is 1. The third-order valence-electron chi connectivity index (χ3n) is 3.39. The van der Waals surface area contributed by atoms with E-state index in [9.17, 15) is 4.79 Å². The molecule has 0 fully saturated rings. The minimum absolute atomic E-state index is 0.174. The van der Waals surface area contributed by atoms with Gasteiger partial charge in [0.1, 0.15) is 11.4 Å². The van der Waals surface area contributed by atoms with E-state index in [1.807, 2.05) is 36.5 Å². The van der Waals surface area contributed by atoms with E-state index in [1.54, 1.807) is 13.1 Å². The van der Waals surface area contributed by atoms with Gasteiger partial charge in [-0.25, -0.2) is 4.98 Å². The van der Waals surface area contributed by atoms with Gasteiger partial charge in [0.2, 0.25) is 0 Å². The standard InChI is InChI=1S/C17H16N2O/c1-13(20)11-15-7-9-18-17-16(15)8-10-19(17)12-14-5-3-2-4-6-14/h2-10H,11-12H2,1H3. The molecule has 0 saturated carbocycles. The number of fused-ring (bicyclic) bond motifs is 1. The van der Waals surface area contributed by atoms with E-state index in [0.29, 0.717) is 6.42 Å². The monoisotopic (exact) mass is 264 g/mol. The van der Waals surface area contributed by atoms with Crippen LogP contribution in [0, 0.1) is 0 Å². The topological polar surface area (TPSA) is 34.9 Å². The second-order valence-electron chi connectivity index (χ2n) is 5.02. The molecule has 0 N–H and O–H groups in total. The highest BCUT2D eigenvalue weighted by Gasteiger charge is 2.08. The predicted octanol–water partition coefficient (Wildman–Crippen LogP) is 3.22. The molecule has 0 atom stereocenters. The maximum Gasteiger partial charge on any atom is 0.140 e.